The number of halogens is 2. The Labute approximate surface area is 137 Å². The van der Waals surface area contributed by atoms with E-state index in [2.05, 4.69) is 15.6 Å². The topological polar surface area (TPSA) is 98.0 Å². The number of rotatable bonds is 7. The maximum Gasteiger partial charge on any atom is 0.404 e. The van der Waals surface area contributed by atoms with Crippen molar-refractivity contribution in [3.63, 3.8) is 0 Å². The number of nitrogens with zero attached hydrogens (tertiary/aromatic N) is 2. The zero-order chi connectivity index (χ0) is 16.7. The molecule has 0 fully saturated rings. The summed E-state index contributed by atoms with van der Waals surface area (Å²) < 4.78 is 13.9. The second-order valence-corrected chi connectivity index (χ2v) is 5.88. The van der Waals surface area contributed by atoms with Gasteiger partial charge >= 0.3 is 6.09 Å². The molecular weight excluding hydrogens is 331 g/mol. The number of aromatic nitrogens is 1. The van der Waals surface area contributed by atoms with Gasteiger partial charge in [-0.1, -0.05) is 11.6 Å². The SMILES string of the molecule is CSCC[C@@H](Nc1nc(Cl)c(C#N)cc1F)[C@H](C)NC(=O)O. The van der Waals surface area contributed by atoms with Gasteiger partial charge in [-0.3, -0.25) is 0 Å². The van der Waals surface area contributed by atoms with Crippen LogP contribution in [0.15, 0.2) is 6.07 Å². The van der Waals surface area contributed by atoms with Crippen molar-refractivity contribution < 1.29 is 14.3 Å². The van der Waals surface area contributed by atoms with Gasteiger partial charge in [0.05, 0.1) is 5.56 Å². The van der Waals surface area contributed by atoms with Crippen molar-refractivity contribution in [2.45, 2.75) is 25.4 Å². The summed E-state index contributed by atoms with van der Waals surface area (Å²) in [5.41, 5.74) is -0.0536. The summed E-state index contributed by atoms with van der Waals surface area (Å²) in [6.45, 7) is 1.68. The predicted molar refractivity (Wildman–Crippen MR) is 85.0 cm³/mol. The summed E-state index contributed by atoms with van der Waals surface area (Å²) in [4.78, 5) is 14.6. The fourth-order valence-corrected chi connectivity index (χ4v) is 2.48. The van der Waals surface area contributed by atoms with Gasteiger partial charge < -0.3 is 15.7 Å². The lowest BCUT2D eigenvalue weighted by atomic mass is 10.1. The third-order valence-corrected chi connectivity index (χ3v) is 3.89. The molecule has 1 aromatic rings. The number of carbonyl (C=O) groups is 1. The molecule has 0 aromatic carbocycles. The summed E-state index contributed by atoms with van der Waals surface area (Å²) >= 11 is 7.39. The number of nitrogens with one attached hydrogen (secondary N) is 2. The van der Waals surface area contributed by atoms with Gasteiger partial charge in [0.1, 0.15) is 11.2 Å². The van der Waals surface area contributed by atoms with Crippen LogP contribution in [-0.2, 0) is 0 Å². The molecule has 22 heavy (non-hydrogen) atoms. The van der Waals surface area contributed by atoms with Gasteiger partial charge in [0, 0.05) is 12.1 Å². The number of thioether (sulfide) groups is 1. The van der Waals surface area contributed by atoms with Crippen molar-refractivity contribution in [1.82, 2.24) is 10.3 Å². The van der Waals surface area contributed by atoms with Crippen LogP contribution in [0.4, 0.5) is 15.0 Å². The molecule has 0 spiro atoms. The molecule has 1 rings (SSSR count). The van der Waals surface area contributed by atoms with E-state index < -0.39 is 18.0 Å². The van der Waals surface area contributed by atoms with Crippen LogP contribution >= 0.6 is 23.4 Å². The molecule has 9 heteroatoms. The van der Waals surface area contributed by atoms with Gasteiger partial charge in [0.2, 0.25) is 0 Å². The third-order valence-electron chi connectivity index (χ3n) is 2.96. The van der Waals surface area contributed by atoms with Crippen LogP contribution in [0.3, 0.4) is 0 Å². The van der Waals surface area contributed by atoms with Crippen LogP contribution in [0.2, 0.25) is 5.15 Å². The minimum Gasteiger partial charge on any atom is -0.465 e. The van der Waals surface area contributed by atoms with Crippen molar-refractivity contribution >= 4 is 35.3 Å². The third kappa shape index (κ3) is 5.24. The van der Waals surface area contributed by atoms with Gasteiger partial charge in [-0.05, 0) is 31.4 Å². The summed E-state index contributed by atoms with van der Waals surface area (Å²) in [6.07, 6.45) is 1.36. The second-order valence-electron chi connectivity index (χ2n) is 4.54. The van der Waals surface area contributed by atoms with Crippen LogP contribution < -0.4 is 10.6 Å². The van der Waals surface area contributed by atoms with Crippen LogP contribution in [-0.4, -0.2) is 40.3 Å². The second kappa shape index (κ2) is 8.66. The average molecular weight is 347 g/mol. The van der Waals surface area contributed by atoms with E-state index >= 15 is 0 Å². The first kappa shape index (κ1) is 18.3. The van der Waals surface area contributed by atoms with Crippen molar-refractivity contribution in [3.8, 4) is 6.07 Å². The zero-order valence-corrected chi connectivity index (χ0v) is 13.6. The Hall–Kier alpha value is -1.72. The van der Waals surface area contributed by atoms with Crippen molar-refractivity contribution in [3.05, 3.63) is 22.6 Å². The number of nitriles is 1. The molecule has 0 radical (unpaired) electrons. The molecule has 0 saturated heterocycles. The Morgan fingerprint density at radius 1 is 1.68 bits per heavy atom. The normalized spacial score (nSPS) is 13.0. The molecule has 0 aliphatic carbocycles. The minimum atomic E-state index is -1.16. The molecule has 0 bridgehead atoms. The number of hydrogen-bond donors (Lipinski definition) is 3. The molecule has 0 aliphatic heterocycles. The van der Waals surface area contributed by atoms with Gasteiger partial charge in [-0.25, -0.2) is 14.2 Å². The standard InChI is InChI=1S/C13H16ClFN4O2S/c1-7(17-13(20)21)10(3-4-22-2)18-12-9(15)5-8(6-16)11(14)19-12/h5,7,10,17H,3-4H2,1-2H3,(H,18,19)(H,20,21)/t7-,10+/m0/s1. The summed E-state index contributed by atoms with van der Waals surface area (Å²) in [5.74, 6) is -0.0543. The molecule has 0 saturated carbocycles. The quantitative estimate of drug-likeness (QED) is 0.657. The van der Waals surface area contributed by atoms with E-state index in [-0.39, 0.29) is 22.6 Å². The van der Waals surface area contributed by atoms with Gasteiger partial charge in [0.15, 0.2) is 11.6 Å². The van der Waals surface area contributed by atoms with Crippen molar-refractivity contribution in [2.24, 2.45) is 0 Å². The molecule has 6 nitrogen and oxygen atoms in total. The molecule has 2 atom stereocenters. The molecule has 0 unspecified atom stereocenters. The minimum absolute atomic E-state index is 0.0536. The molecule has 1 aromatic heterocycles. The van der Waals surface area contributed by atoms with E-state index in [1.807, 2.05) is 6.26 Å². The summed E-state index contributed by atoms with van der Waals surface area (Å²) in [7, 11) is 0. The number of carboxylic acid groups (broad SMARTS) is 1. The van der Waals surface area contributed by atoms with E-state index in [0.717, 1.165) is 11.8 Å². The summed E-state index contributed by atoms with van der Waals surface area (Å²) in [6, 6.07) is 1.92. The van der Waals surface area contributed by atoms with Crippen molar-refractivity contribution in [2.75, 3.05) is 17.3 Å². The van der Waals surface area contributed by atoms with E-state index in [1.54, 1.807) is 24.8 Å². The smallest absolute Gasteiger partial charge is 0.404 e. The molecule has 1 heterocycles. The average Bonchev–Trinajstić information content (AvgIpc) is 2.45. The molecule has 120 valence electrons. The highest BCUT2D eigenvalue weighted by molar-refractivity contribution is 7.98. The highest BCUT2D eigenvalue weighted by Gasteiger charge is 2.21. The Morgan fingerprint density at radius 3 is 2.91 bits per heavy atom. The largest absolute Gasteiger partial charge is 0.465 e. The Kier molecular flexibility index (Phi) is 7.21. The zero-order valence-electron chi connectivity index (χ0n) is 12.1. The fraction of sp³-hybridized carbons (Fsp3) is 0.462. The van der Waals surface area contributed by atoms with Gasteiger partial charge in [-0.2, -0.15) is 17.0 Å². The van der Waals surface area contributed by atoms with E-state index in [9.17, 15) is 9.18 Å². The van der Waals surface area contributed by atoms with E-state index in [4.69, 9.17) is 22.0 Å². The van der Waals surface area contributed by atoms with E-state index in [1.165, 1.54) is 0 Å². The first-order valence-corrected chi connectivity index (χ1v) is 8.17. The number of hydrogen-bond acceptors (Lipinski definition) is 5. The lowest BCUT2D eigenvalue weighted by Crippen LogP contribution is -2.45. The first-order chi connectivity index (χ1) is 10.4. The monoisotopic (exact) mass is 346 g/mol. The highest BCUT2D eigenvalue weighted by Crippen LogP contribution is 2.21. The number of pyridine rings is 1. The molecule has 1 amide bonds. The number of anilines is 1. The lowest BCUT2D eigenvalue weighted by molar-refractivity contribution is 0.189. The highest BCUT2D eigenvalue weighted by atomic mass is 35.5. The molecule has 3 N–H and O–H groups in total. The predicted octanol–water partition coefficient (Wildman–Crippen LogP) is 2.94. The Bertz CT molecular complexity index is 582. The van der Waals surface area contributed by atoms with Gasteiger partial charge in [0.25, 0.3) is 0 Å². The van der Waals surface area contributed by atoms with Crippen molar-refractivity contribution in [1.29, 1.82) is 5.26 Å². The van der Waals surface area contributed by atoms with Crippen LogP contribution in [0, 0.1) is 17.1 Å². The van der Waals surface area contributed by atoms with Crippen LogP contribution in [0.5, 0.6) is 0 Å². The first-order valence-electron chi connectivity index (χ1n) is 6.40. The maximum atomic E-state index is 13.9. The van der Waals surface area contributed by atoms with Gasteiger partial charge in [-0.15, -0.1) is 0 Å². The Morgan fingerprint density at radius 2 is 2.36 bits per heavy atom. The van der Waals surface area contributed by atoms with Crippen LogP contribution in [0.1, 0.15) is 18.9 Å². The number of amides is 1. The Balaban J connectivity index is 2.96. The molecule has 0 aliphatic rings. The fourth-order valence-electron chi connectivity index (χ4n) is 1.81. The molecular formula is C13H16ClFN4O2S. The lowest BCUT2D eigenvalue weighted by Gasteiger charge is -2.25. The van der Waals surface area contributed by atoms with E-state index in [0.29, 0.717) is 6.42 Å². The summed E-state index contributed by atoms with van der Waals surface area (Å²) in [5, 5.41) is 22.7. The van der Waals surface area contributed by atoms with Crippen LogP contribution in [0.25, 0.3) is 0 Å². The maximum absolute atomic E-state index is 13.9.